The number of ether oxygens (including phenoxy) is 1. The molecule has 1 amide bonds. The molecule has 1 aromatic carbocycles. The van der Waals surface area contributed by atoms with Crippen molar-refractivity contribution >= 4 is 11.6 Å². The lowest BCUT2D eigenvalue weighted by molar-refractivity contribution is -0.384. The normalized spacial score (nSPS) is 11.7. The van der Waals surface area contributed by atoms with Crippen LogP contribution in [-0.4, -0.2) is 36.6 Å². The largest absolute Gasteiger partial charge is 0.484 e. The van der Waals surface area contributed by atoms with Crippen molar-refractivity contribution in [3.8, 4) is 5.75 Å². The molecule has 7 nitrogen and oxygen atoms in total. The Morgan fingerprint density at radius 3 is 2.60 bits per heavy atom. The maximum Gasteiger partial charge on any atom is 0.269 e. The highest BCUT2D eigenvalue weighted by atomic mass is 16.6. The third kappa shape index (κ3) is 5.66. The lowest BCUT2D eigenvalue weighted by Gasteiger charge is -2.13. The van der Waals surface area contributed by atoms with Gasteiger partial charge in [-0.25, -0.2) is 0 Å². The van der Waals surface area contributed by atoms with Crippen LogP contribution in [0.25, 0.3) is 0 Å². The van der Waals surface area contributed by atoms with Crippen LogP contribution in [0, 0.1) is 10.1 Å². The van der Waals surface area contributed by atoms with Gasteiger partial charge in [-0.3, -0.25) is 14.9 Å². The first-order valence-corrected chi connectivity index (χ1v) is 6.40. The van der Waals surface area contributed by atoms with Crippen LogP contribution in [0.2, 0.25) is 0 Å². The fraction of sp³-hybridized carbons (Fsp3) is 0.462. The molecule has 0 aliphatic heterocycles. The zero-order chi connectivity index (χ0) is 15.0. The first kappa shape index (κ1) is 15.9. The molecule has 0 fully saturated rings. The van der Waals surface area contributed by atoms with Crippen molar-refractivity contribution in [3.05, 3.63) is 34.4 Å². The standard InChI is InChI=1S/C13H19N3O4/c1-3-14-10(2)8-15-13(17)9-20-12-6-4-11(5-7-12)16(18)19/h4-7,10,14H,3,8-9H2,1-2H3,(H,15,17)/t10-/m1/s1. The van der Waals surface area contributed by atoms with E-state index in [1.165, 1.54) is 24.3 Å². The maximum atomic E-state index is 11.5. The number of benzene rings is 1. The predicted molar refractivity (Wildman–Crippen MR) is 74.7 cm³/mol. The van der Waals surface area contributed by atoms with E-state index in [0.717, 1.165) is 6.54 Å². The van der Waals surface area contributed by atoms with Gasteiger partial charge in [0.15, 0.2) is 6.61 Å². The summed E-state index contributed by atoms with van der Waals surface area (Å²) >= 11 is 0. The highest BCUT2D eigenvalue weighted by Gasteiger charge is 2.07. The monoisotopic (exact) mass is 281 g/mol. The Hall–Kier alpha value is -2.15. The van der Waals surface area contributed by atoms with Crippen LogP contribution in [0.1, 0.15) is 13.8 Å². The molecule has 0 aliphatic carbocycles. The molecule has 0 unspecified atom stereocenters. The highest BCUT2D eigenvalue weighted by Crippen LogP contribution is 2.16. The Labute approximate surface area is 117 Å². The van der Waals surface area contributed by atoms with Crippen LogP contribution in [0.5, 0.6) is 5.75 Å². The number of rotatable bonds is 8. The van der Waals surface area contributed by atoms with Gasteiger partial charge in [-0.2, -0.15) is 0 Å². The van der Waals surface area contributed by atoms with Gasteiger partial charge in [0.05, 0.1) is 4.92 Å². The van der Waals surface area contributed by atoms with Crippen LogP contribution in [-0.2, 0) is 4.79 Å². The minimum absolute atomic E-state index is 0.0127. The Morgan fingerprint density at radius 2 is 2.05 bits per heavy atom. The SMILES string of the molecule is CCN[C@H](C)CNC(=O)COc1ccc([N+](=O)[O-])cc1. The van der Waals surface area contributed by atoms with Crippen LogP contribution >= 0.6 is 0 Å². The molecule has 0 aliphatic rings. The zero-order valence-corrected chi connectivity index (χ0v) is 11.6. The van der Waals surface area contributed by atoms with Crippen LogP contribution in [0.15, 0.2) is 24.3 Å². The van der Waals surface area contributed by atoms with Crippen molar-refractivity contribution in [1.82, 2.24) is 10.6 Å². The average Bonchev–Trinajstić information content (AvgIpc) is 2.43. The number of carbonyl (C=O) groups is 1. The fourth-order valence-electron chi connectivity index (χ4n) is 1.55. The average molecular weight is 281 g/mol. The molecule has 2 N–H and O–H groups in total. The molecule has 1 rings (SSSR count). The molecule has 0 saturated carbocycles. The molecule has 0 saturated heterocycles. The second-order valence-corrected chi connectivity index (χ2v) is 4.30. The molecule has 110 valence electrons. The quantitative estimate of drug-likeness (QED) is 0.549. The Kier molecular flexibility index (Phi) is 6.45. The van der Waals surface area contributed by atoms with Gasteiger partial charge in [0.25, 0.3) is 11.6 Å². The first-order valence-electron chi connectivity index (χ1n) is 6.40. The molecule has 20 heavy (non-hydrogen) atoms. The van der Waals surface area contributed by atoms with Crippen molar-refractivity contribution in [2.45, 2.75) is 19.9 Å². The van der Waals surface area contributed by atoms with Gasteiger partial charge in [-0.15, -0.1) is 0 Å². The van der Waals surface area contributed by atoms with Gasteiger partial charge >= 0.3 is 0 Å². The molecular weight excluding hydrogens is 262 g/mol. The minimum atomic E-state index is -0.487. The van der Waals surface area contributed by atoms with E-state index in [-0.39, 0.29) is 24.2 Å². The lowest BCUT2D eigenvalue weighted by atomic mass is 10.3. The number of hydrogen-bond donors (Lipinski definition) is 2. The van der Waals surface area contributed by atoms with Crippen molar-refractivity contribution in [2.24, 2.45) is 0 Å². The molecule has 0 aromatic heterocycles. The lowest BCUT2D eigenvalue weighted by Crippen LogP contribution is -2.40. The van der Waals surface area contributed by atoms with E-state index in [1.54, 1.807) is 0 Å². The van der Waals surface area contributed by atoms with E-state index in [1.807, 2.05) is 13.8 Å². The molecule has 7 heteroatoms. The van der Waals surface area contributed by atoms with Crippen molar-refractivity contribution < 1.29 is 14.5 Å². The number of carbonyl (C=O) groups excluding carboxylic acids is 1. The molecule has 0 bridgehead atoms. The number of nitrogens with one attached hydrogen (secondary N) is 2. The van der Waals surface area contributed by atoms with Crippen molar-refractivity contribution in [1.29, 1.82) is 0 Å². The molecular formula is C13H19N3O4. The fourth-order valence-corrected chi connectivity index (χ4v) is 1.55. The van der Waals surface area contributed by atoms with Gasteiger partial charge in [-0.05, 0) is 25.6 Å². The second kappa shape index (κ2) is 8.11. The van der Waals surface area contributed by atoms with E-state index in [0.29, 0.717) is 12.3 Å². The number of likely N-dealkylation sites (N-methyl/N-ethyl adjacent to an activating group) is 1. The third-order valence-corrected chi connectivity index (χ3v) is 2.58. The Bertz CT molecular complexity index is 447. The summed E-state index contributed by atoms with van der Waals surface area (Å²) in [5, 5.41) is 16.4. The van der Waals surface area contributed by atoms with E-state index in [9.17, 15) is 14.9 Å². The van der Waals surface area contributed by atoms with Crippen LogP contribution in [0.4, 0.5) is 5.69 Å². The highest BCUT2D eigenvalue weighted by molar-refractivity contribution is 5.77. The smallest absolute Gasteiger partial charge is 0.269 e. The van der Waals surface area contributed by atoms with Crippen molar-refractivity contribution in [3.63, 3.8) is 0 Å². The predicted octanol–water partition coefficient (Wildman–Crippen LogP) is 1.09. The van der Waals surface area contributed by atoms with E-state index >= 15 is 0 Å². The van der Waals surface area contributed by atoms with Gasteiger partial charge in [-0.1, -0.05) is 6.92 Å². The summed E-state index contributed by atoms with van der Waals surface area (Å²) in [6.45, 7) is 5.22. The van der Waals surface area contributed by atoms with Crippen LogP contribution in [0.3, 0.4) is 0 Å². The maximum absolute atomic E-state index is 11.5. The van der Waals surface area contributed by atoms with E-state index in [2.05, 4.69) is 10.6 Å². The van der Waals surface area contributed by atoms with Gasteiger partial charge in [0.2, 0.25) is 0 Å². The Balaban J connectivity index is 2.32. The third-order valence-electron chi connectivity index (χ3n) is 2.58. The molecule has 0 heterocycles. The summed E-state index contributed by atoms with van der Waals surface area (Å²) in [7, 11) is 0. The van der Waals surface area contributed by atoms with Crippen LogP contribution < -0.4 is 15.4 Å². The summed E-state index contributed by atoms with van der Waals surface area (Å²) in [6.07, 6.45) is 0. The number of non-ortho nitro benzene ring substituents is 1. The number of hydrogen-bond acceptors (Lipinski definition) is 5. The number of nitrogens with zero attached hydrogens (tertiary/aromatic N) is 1. The second-order valence-electron chi connectivity index (χ2n) is 4.30. The van der Waals surface area contributed by atoms with E-state index in [4.69, 9.17) is 4.74 Å². The number of nitro benzene ring substituents is 1. The minimum Gasteiger partial charge on any atom is -0.484 e. The van der Waals surface area contributed by atoms with E-state index < -0.39 is 4.92 Å². The van der Waals surface area contributed by atoms with Crippen molar-refractivity contribution in [2.75, 3.05) is 19.7 Å². The zero-order valence-electron chi connectivity index (χ0n) is 11.6. The first-order chi connectivity index (χ1) is 9.52. The van der Waals surface area contributed by atoms with Gasteiger partial charge < -0.3 is 15.4 Å². The summed E-state index contributed by atoms with van der Waals surface area (Å²) in [4.78, 5) is 21.5. The summed E-state index contributed by atoms with van der Waals surface area (Å²) in [5.74, 6) is 0.193. The molecule has 1 aromatic rings. The summed E-state index contributed by atoms with van der Waals surface area (Å²) < 4.78 is 5.24. The number of nitro groups is 1. The molecule has 1 atom stereocenters. The number of amides is 1. The van der Waals surface area contributed by atoms with Gasteiger partial charge in [0.1, 0.15) is 5.75 Å². The topological polar surface area (TPSA) is 93.5 Å². The molecule has 0 spiro atoms. The summed E-state index contributed by atoms with van der Waals surface area (Å²) in [5.41, 5.74) is -0.0127. The Morgan fingerprint density at radius 1 is 1.40 bits per heavy atom. The van der Waals surface area contributed by atoms with Gasteiger partial charge in [0, 0.05) is 24.7 Å². The summed E-state index contributed by atoms with van der Waals surface area (Å²) in [6, 6.07) is 5.80. The molecule has 0 radical (unpaired) electrons.